The number of esters is 1. The second kappa shape index (κ2) is 7.95. The fourth-order valence-corrected chi connectivity index (χ4v) is 2.49. The lowest BCUT2D eigenvalue weighted by Gasteiger charge is -2.11. The van der Waals surface area contributed by atoms with Crippen LogP contribution in [0.5, 0.6) is 5.75 Å². The lowest BCUT2D eigenvalue weighted by atomic mass is 9.99. The van der Waals surface area contributed by atoms with Gasteiger partial charge in [-0.2, -0.15) is 0 Å². The molecule has 0 amide bonds. The van der Waals surface area contributed by atoms with Crippen LogP contribution in [0.1, 0.15) is 37.3 Å². The first-order valence-electron chi connectivity index (χ1n) is 7.34. The molecule has 0 spiro atoms. The van der Waals surface area contributed by atoms with Crippen molar-refractivity contribution in [2.45, 2.75) is 26.2 Å². The molecule has 1 atom stereocenters. The highest BCUT2D eigenvalue weighted by Crippen LogP contribution is 2.30. The number of carbonyl (C=O) groups excluding carboxylic acids is 1. The van der Waals surface area contributed by atoms with E-state index in [4.69, 9.17) is 4.74 Å². The standard InChI is InChI=1S/C19H19BrO2/c1-3-14(2)16-10-11-18(17(20)13-16)22-19(21)12-9-15-7-5-4-6-8-15/h4-14H,3H2,1-2H3/b12-9+. The Morgan fingerprint density at radius 2 is 1.95 bits per heavy atom. The highest BCUT2D eigenvalue weighted by molar-refractivity contribution is 9.10. The van der Waals surface area contributed by atoms with E-state index in [1.165, 1.54) is 11.6 Å². The molecule has 0 bridgehead atoms. The molecule has 0 N–H and O–H groups in total. The molecule has 2 nitrogen and oxygen atoms in total. The van der Waals surface area contributed by atoms with E-state index in [1.807, 2.05) is 48.5 Å². The van der Waals surface area contributed by atoms with Gasteiger partial charge in [0.1, 0.15) is 5.75 Å². The Bertz CT molecular complexity index is 662. The van der Waals surface area contributed by atoms with Gasteiger partial charge in [0.05, 0.1) is 4.47 Å². The molecular formula is C19H19BrO2. The quantitative estimate of drug-likeness (QED) is 0.396. The predicted molar refractivity (Wildman–Crippen MR) is 94.0 cm³/mol. The Morgan fingerprint density at radius 3 is 2.59 bits per heavy atom. The lowest BCUT2D eigenvalue weighted by molar-refractivity contribution is -0.128. The van der Waals surface area contributed by atoms with E-state index in [0.717, 1.165) is 16.5 Å². The van der Waals surface area contributed by atoms with Crippen LogP contribution in [0.3, 0.4) is 0 Å². The molecule has 0 aliphatic carbocycles. The molecular weight excluding hydrogens is 340 g/mol. The van der Waals surface area contributed by atoms with Crippen LogP contribution in [0.25, 0.3) is 6.08 Å². The Morgan fingerprint density at radius 1 is 1.23 bits per heavy atom. The molecule has 0 radical (unpaired) electrons. The Balaban J connectivity index is 2.04. The first-order chi connectivity index (χ1) is 10.6. The summed E-state index contributed by atoms with van der Waals surface area (Å²) in [5.74, 6) is 0.634. The summed E-state index contributed by atoms with van der Waals surface area (Å²) in [5.41, 5.74) is 2.19. The van der Waals surface area contributed by atoms with Crippen LogP contribution in [-0.4, -0.2) is 5.97 Å². The van der Waals surface area contributed by atoms with Crippen molar-refractivity contribution in [1.29, 1.82) is 0 Å². The minimum atomic E-state index is -0.388. The van der Waals surface area contributed by atoms with Crippen molar-refractivity contribution in [2.24, 2.45) is 0 Å². The van der Waals surface area contributed by atoms with Crippen LogP contribution in [0.2, 0.25) is 0 Å². The highest BCUT2D eigenvalue weighted by atomic mass is 79.9. The highest BCUT2D eigenvalue weighted by Gasteiger charge is 2.09. The van der Waals surface area contributed by atoms with Gasteiger partial charge in [0.15, 0.2) is 0 Å². The largest absolute Gasteiger partial charge is 0.422 e. The smallest absolute Gasteiger partial charge is 0.336 e. The summed E-state index contributed by atoms with van der Waals surface area (Å²) in [5, 5.41) is 0. The van der Waals surface area contributed by atoms with Crippen molar-refractivity contribution in [3.63, 3.8) is 0 Å². The molecule has 0 fully saturated rings. The van der Waals surface area contributed by atoms with Crippen molar-refractivity contribution < 1.29 is 9.53 Å². The van der Waals surface area contributed by atoms with Crippen LogP contribution in [-0.2, 0) is 4.79 Å². The molecule has 0 saturated heterocycles. The van der Waals surface area contributed by atoms with Gasteiger partial charge in [0.25, 0.3) is 0 Å². The summed E-state index contributed by atoms with van der Waals surface area (Å²) in [7, 11) is 0. The van der Waals surface area contributed by atoms with Gasteiger partial charge < -0.3 is 4.74 Å². The maximum atomic E-state index is 11.9. The van der Waals surface area contributed by atoms with Crippen LogP contribution in [0, 0.1) is 0 Å². The number of carbonyl (C=O) groups is 1. The molecule has 2 aromatic carbocycles. The molecule has 2 aromatic rings. The molecule has 3 heteroatoms. The van der Waals surface area contributed by atoms with Gasteiger partial charge in [-0.05, 0) is 57.6 Å². The summed E-state index contributed by atoms with van der Waals surface area (Å²) in [6, 6.07) is 15.5. The average molecular weight is 359 g/mol. The third-order valence-corrected chi connectivity index (χ3v) is 4.18. The Hall–Kier alpha value is -1.87. The fraction of sp³-hybridized carbons (Fsp3) is 0.211. The van der Waals surface area contributed by atoms with E-state index in [1.54, 1.807) is 6.08 Å². The summed E-state index contributed by atoms with van der Waals surface area (Å²) in [6.07, 6.45) is 4.25. The third-order valence-electron chi connectivity index (χ3n) is 3.56. The summed E-state index contributed by atoms with van der Waals surface area (Å²) in [6.45, 7) is 4.33. The van der Waals surface area contributed by atoms with Gasteiger partial charge in [-0.1, -0.05) is 50.2 Å². The summed E-state index contributed by atoms with van der Waals surface area (Å²) in [4.78, 5) is 11.9. The van der Waals surface area contributed by atoms with Crippen LogP contribution in [0.4, 0.5) is 0 Å². The number of hydrogen-bond acceptors (Lipinski definition) is 2. The van der Waals surface area contributed by atoms with Crippen LogP contribution >= 0.6 is 15.9 Å². The minimum Gasteiger partial charge on any atom is -0.422 e. The van der Waals surface area contributed by atoms with Crippen molar-refractivity contribution in [3.8, 4) is 5.75 Å². The predicted octanol–water partition coefficient (Wildman–Crippen LogP) is 5.58. The number of hydrogen-bond donors (Lipinski definition) is 0. The van der Waals surface area contributed by atoms with Crippen molar-refractivity contribution >= 4 is 28.0 Å². The first kappa shape index (κ1) is 16.5. The number of benzene rings is 2. The van der Waals surface area contributed by atoms with Crippen LogP contribution in [0.15, 0.2) is 59.1 Å². The Kier molecular flexibility index (Phi) is 5.96. The lowest BCUT2D eigenvalue weighted by Crippen LogP contribution is -2.04. The third kappa shape index (κ3) is 4.57. The molecule has 0 aromatic heterocycles. The fourth-order valence-electron chi connectivity index (χ4n) is 2.01. The molecule has 22 heavy (non-hydrogen) atoms. The SMILES string of the molecule is CCC(C)c1ccc(OC(=O)/C=C/c2ccccc2)c(Br)c1. The van der Waals surface area contributed by atoms with Crippen molar-refractivity contribution in [3.05, 3.63) is 70.2 Å². The van der Waals surface area contributed by atoms with Gasteiger partial charge in [-0.15, -0.1) is 0 Å². The zero-order valence-corrected chi connectivity index (χ0v) is 14.3. The van der Waals surface area contributed by atoms with E-state index in [2.05, 4.69) is 29.8 Å². The van der Waals surface area contributed by atoms with Gasteiger partial charge in [-0.3, -0.25) is 0 Å². The van der Waals surface area contributed by atoms with Gasteiger partial charge in [-0.25, -0.2) is 4.79 Å². The van der Waals surface area contributed by atoms with Gasteiger partial charge in [0.2, 0.25) is 0 Å². The summed E-state index contributed by atoms with van der Waals surface area (Å²) >= 11 is 3.47. The molecule has 0 saturated carbocycles. The number of rotatable bonds is 5. The molecule has 1 unspecified atom stereocenters. The Labute approximate surface area is 139 Å². The molecule has 0 heterocycles. The zero-order chi connectivity index (χ0) is 15.9. The van der Waals surface area contributed by atoms with E-state index >= 15 is 0 Å². The van der Waals surface area contributed by atoms with Crippen molar-refractivity contribution in [2.75, 3.05) is 0 Å². The molecule has 0 aliphatic heterocycles. The van der Waals surface area contributed by atoms with E-state index in [9.17, 15) is 4.79 Å². The zero-order valence-electron chi connectivity index (χ0n) is 12.8. The first-order valence-corrected chi connectivity index (χ1v) is 8.14. The monoisotopic (exact) mass is 358 g/mol. The molecule has 114 valence electrons. The van der Waals surface area contributed by atoms with E-state index in [0.29, 0.717) is 11.7 Å². The average Bonchev–Trinajstić information content (AvgIpc) is 2.55. The van der Waals surface area contributed by atoms with Crippen LogP contribution < -0.4 is 4.74 Å². The maximum absolute atomic E-state index is 11.9. The normalized spacial score (nSPS) is 12.3. The van der Waals surface area contributed by atoms with Gasteiger partial charge >= 0.3 is 5.97 Å². The molecule has 2 rings (SSSR count). The van der Waals surface area contributed by atoms with Crippen molar-refractivity contribution in [1.82, 2.24) is 0 Å². The molecule has 0 aliphatic rings. The number of halogens is 1. The maximum Gasteiger partial charge on any atom is 0.336 e. The number of ether oxygens (including phenoxy) is 1. The van der Waals surface area contributed by atoms with E-state index in [-0.39, 0.29) is 5.97 Å². The summed E-state index contributed by atoms with van der Waals surface area (Å²) < 4.78 is 6.16. The van der Waals surface area contributed by atoms with Gasteiger partial charge in [0, 0.05) is 6.08 Å². The topological polar surface area (TPSA) is 26.3 Å². The second-order valence-corrected chi connectivity index (χ2v) is 6.02. The minimum absolute atomic E-state index is 0.388. The van der Waals surface area contributed by atoms with E-state index < -0.39 is 0 Å². The second-order valence-electron chi connectivity index (χ2n) is 5.16.